The van der Waals surface area contributed by atoms with E-state index in [0.717, 1.165) is 29.9 Å². The molecule has 0 unspecified atom stereocenters. The molecule has 0 amide bonds. The molecule has 0 heterocycles. The van der Waals surface area contributed by atoms with E-state index >= 15 is 4.57 Å². The summed E-state index contributed by atoms with van der Waals surface area (Å²) in [6.07, 6.45) is 5.28. The molecule has 0 saturated heterocycles. The second-order valence-electron chi connectivity index (χ2n) is 8.53. The van der Waals surface area contributed by atoms with Crippen molar-refractivity contribution in [2.24, 2.45) is 0 Å². The van der Waals surface area contributed by atoms with Crippen LogP contribution in [0.1, 0.15) is 44.6 Å². The Hall–Kier alpha value is -2.02. The van der Waals surface area contributed by atoms with E-state index in [-0.39, 0.29) is 11.6 Å². The van der Waals surface area contributed by atoms with Crippen LogP contribution in [0.25, 0.3) is 0 Å². The molecule has 0 aliphatic heterocycles. The standard InChI is InChI=1S/C28H31OPS/c1-22(2)31-26-19-12-20-28(27(21-26)23-13-6-3-7-14-23)30(29,24-15-8-4-9-16-24)25-17-10-5-11-18-25/h3-11,13-19,22,27-28H,12,20-21H2,1-2H3/t27-,28+/m0/s1. The number of thioether (sulfide) groups is 1. The summed E-state index contributed by atoms with van der Waals surface area (Å²) in [5.41, 5.74) is 1.37. The summed E-state index contributed by atoms with van der Waals surface area (Å²) in [5.74, 6) is 0.229. The van der Waals surface area contributed by atoms with Crippen molar-refractivity contribution in [3.63, 3.8) is 0 Å². The third-order valence-electron chi connectivity index (χ3n) is 6.08. The van der Waals surface area contributed by atoms with Crippen molar-refractivity contribution >= 4 is 29.5 Å². The van der Waals surface area contributed by atoms with Crippen LogP contribution >= 0.6 is 18.9 Å². The summed E-state index contributed by atoms with van der Waals surface area (Å²) >= 11 is 1.96. The van der Waals surface area contributed by atoms with Gasteiger partial charge in [0, 0.05) is 21.5 Å². The van der Waals surface area contributed by atoms with Gasteiger partial charge in [-0.05, 0) is 35.6 Å². The van der Waals surface area contributed by atoms with Crippen LogP contribution in [-0.4, -0.2) is 10.9 Å². The number of hydrogen-bond acceptors (Lipinski definition) is 2. The fourth-order valence-electron chi connectivity index (χ4n) is 4.76. The molecule has 3 heteroatoms. The molecule has 3 aromatic carbocycles. The summed E-state index contributed by atoms with van der Waals surface area (Å²) in [6, 6.07) is 31.2. The second kappa shape index (κ2) is 10.1. The van der Waals surface area contributed by atoms with Gasteiger partial charge in [-0.3, -0.25) is 0 Å². The molecule has 160 valence electrons. The molecule has 2 atom stereocenters. The molecule has 0 saturated carbocycles. The molecule has 0 bridgehead atoms. The van der Waals surface area contributed by atoms with Gasteiger partial charge in [0.05, 0.1) is 0 Å². The molecular weight excluding hydrogens is 415 g/mol. The van der Waals surface area contributed by atoms with Crippen molar-refractivity contribution < 1.29 is 4.57 Å². The molecule has 0 aromatic heterocycles. The van der Waals surface area contributed by atoms with Gasteiger partial charge in [0.1, 0.15) is 7.14 Å². The average Bonchev–Trinajstić information content (AvgIpc) is 3.02. The van der Waals surface area contributed by atoms with Gasteiger partial charge >= 0.3 is 0 Å². The number of benzene rings is 3. The SMILES string of the molecule is CC(C)SC1=CCC[C@@H](P(=O)(c2ccccc2)c2ccccc2)[C@H](c2ccccc2)C1. The van der Waals surface area contributed by atoms with Crippen molar-refractivity contribution in [1.82, 2.24) is 0 Å². The smallest absolute Gasteiger partial charge is 0.146 e. The van der Waals surface area contributed by atoms with E-state index in [0.29, 0.717) is 5.25 Å². The van der Waals surface area contributed by atoms with Gasteiger partial charge in [-0.2, -0.15) is 0 Å². The third-order valence-corrected chi connectivity index (χ3v) is 10.9. The summed E-state index contributed by atoms with van der Waals surface area (Å²) in [5, 5.41) is 2.51. The Morgan fingerprint density at radius 3 is 1.84 bits per heavy atom. The number of hydrogen-bond donors (Lipinski definition) is 0. The summed E-state index contributed by atoms with van der Waals surface area (Å²) < 4.78 is 15.2. The monoisotopic (exact) mass is 446 g/mol. The molecule has 0 spiro atoms. The van der Waals surface area contributed by atoms with Crippen LogP contribution in [0.15, 0.2) is 102 Å². The number of allylic oxidation sites excluding steroid dienone is 2. The molecule has 3 aromatic rings. The maximum Gasteiger partial charge on any atom is 0.146 e. The lowest BCUT2D eigenvalue weighted by Gasteiger charge is -2.34. The predicted octanol–water partition coefficient (Wildman–Crippen LogP) is 7.36. The lowest BCUT2D eigenvalue weighted by atomic mass is 9.91. The maximum absolute atomic E-state index is 15.2. The molecule has 4 rings (SSSR count). The van der Waals surface area contributed by atoms with Gasteiger partial charge < -0.3 is 4.57 Å². The van der Waals surface area contributed by atoms with Gasteiger partial charge in [-0.25, -0.2) is 0 Å². The largest absolute Gasteiger partial charge is 0.313 e. The zero-order chi connectivity index (χ0) is 21.7. The van der Waals surface area contributed by atoms with Crippen LogP contribution < -0.4 is 10.6 Å². The van der Waals surface area contributed by atoms with Gasteiger partial charge in [0.25, 0.3) is 0 Å². The third kappa shape index (κ3) is 4.92. The van der Waals surface area contributed by atoms with Gasteiger partial charge in [-0.15, -0.1) is 11.8 Å². The highest BCUT2D eigenvalue weighted by Gasteiger charge is 2.42. The Morgan fingerprint density at radius 1 is 0.806 bits per heavy atom. The second-order valence-corrected chi connectivity index (χ2v) is 13.2. The van der Waals surface area contributed by atoms with Crippen LogP contribution in [0, 0.1) is 0 Å². The van der Waals surface area contributed by atoms with E-state index in [9.17, 15) is 0 Å². The van der Waals surface area contributed by atoms with Crippen molar-refractivity contribution in [2.75, 3.05) is 0 Å². The highest BCUT2D eigenvalue weighted by Crippen LogP contribution is 2.58. The Morgan fingerprint density at radius 2 is 1.32 bits per heavy atom. The van der Waals surface area contributed by atoms with Crippen molar-refractivity contribution in [2.45, 2.75) is 49.9 Å². The van der Waals surface area contributed by atoms with Crippen molar-refractivity contribution in [1.29, 1.82) is 0 Å². The normalized spacial score (nSPS) is 19.6. The molecule has 0 fully saturated rings. The minimum absolute atomic E-state index is 0.0706. The van der Waals surface area contributed by atoms with E-state index in [2.05, 4.69) is 74.5 Å². The Kier molecular flexibility index (Phi) is 7.20. The highest BCUT2D eigenvalue weighted by atomic mass is 32.2. The van der Waals surface area contributed by atoms with Crippen LogP contribution in [0.5, 0.6) is 0 Å². The minimum atomic E-state index is -2.85. The fourth-order valence-corrected chi connectivity index (χ4v) is 9.44. The summed E-state index contributed by atoms with van der Waals surface area (Å²) in [7, 11) is -2.85. The zero-order valence-electron chi connectivity index (χ0n) is 18.4. The lowest BCUT2D eigenvalue weighted by Crippen LogP contribution is -2.30. The first kappa shape index (κ1) is 22.2. The van der Waals surface area contributed by atoms with Crippen molar-refractivity contribution in [3.8, 4) is 0 Å². The highest BCUT2D eigenvalue weighted by molar-refractivity contribution is 8.03. The van der Waals surface area contributed by atoms with Crippen LogP contribution in [0.2, 0.25) is 0 Å². The topological polar surface area (TPSA) is 17.1 Å². The molecule has 1 aliphatic rings. The fraction of sp³-hybridized carbons (Fsp3) is 0.286. The summed E-state index contributed by atoms with van der Waals surface area (Å²) in [4.78, 5) is 1.44. The number of rotatable bonds is 6. The first-order valence-electron chi connectivity index (χ1n) is 11.2. The van der Waals surface area contributed by atoms with E-state index in [4.69, 9.17) is 0 Å². The van der Waals surface area contributed by atoms with Gasteiger partial charge in [0.15, 0.2) is 0 Å². The molecule has 0 radical (unpaired) electrons. The first-order chi connectivity index (χ1) is 15.1. The first-order valence-corrected chi connectivity index (χ1v) is 13.9. The molecule has 31 heavy (non-hydrogen) atoms. The predicted molar refractivity (Wildman–Crippen MR) is 137 cm³/mol. The van der Waals surface area contributed by atoms with Gasteiger partial charge in [0.2, 0.25) is 0 Å². The van der Waals surface area contributed by atoms with Crippen LogP contribution in [0.4, 0.5) is 0 Å². The molecule has 1 nitrogen and oxygen atoms in total. The molecular formula is C28H31OPS. The van der Waals surface area contributed by atoms with E-state index in [1.807, 2.05) is 48.2 Å². The maximum atomic E-state index is 15.2. The zero-order valence-corrected chi connectivity index (χ0v) is 20.1. The van der Waals surface area contributed by atoms with Crippen LogP contribution in [-0.2, 0) is 4.57 Å². The lowest BCUT2D eigenvalue weighted by molar-refractivity contribution is 0.548. The van der Waals surface area contributed by atoms with E-state index in [1.54, 1.807) is 0 Å². The quantitative estimate of drug-likeness (QED) is 0.368. The molecule has 1 aliphatic carbocycles. The Balaban J connectivity index is 1.85. The van der Waals surface area contributed by atoms with E-state index in [1.165, 1.54) is 10.5 Å². The Labute approximate surface area is 191 Å². The molecule has 0 N–H and O–H groups in total. The van der Waals surface area contributed by atoms with Crippen molar-refractivity contribution in [3.05, 3.63) is 108 Å². The average molecular weight is 447 g/mol. The minimum Gasteiger partial charge on any atom is -0.313 e. The van der Waals surface area contributed by atoms with E-state index < -0.39 is 7.14 Å². The van der Waals surface area contributed by atoms with Gasteiger partial charge in [-0.1, -0.05) is 111 Å². The summed E-state index contributed by atoms with van der Waals surface area (Å²) in [6.45, 7) is 4.51. The van der Waals surface area contributed by atoms with Crippen LogP contribution in [0.3, 0.4) is 0 Å². The Bertz CT molecular complexity index is 1000.